The second kappa shape index (κ2) is 9.02. The van der Waals surface area contributed by atoms with Crippen molar-refractivity contribution in [3.63, 3.8) is 0 Å². The molecule has 114 valence electrons. The van der Waals surface area contributed by atoms with Crippen LogP contribution in [0.1, 0.15) is 65.5 Å². The molecule has 0 heterocycles. The van der Waals surface area contributed by atoms with Crippen LogP contribution in [0, 0.1) is 5.92 Å². The molecular formula is C18H31NO. The normalized spacial score (nSPS) is 14.3. The summed E-state index contributed by atoms with van der Waals surface area (Å²) in [4.78, 5) is 0. The van der Waals surface area contributed by atoms with Crippen LogP contribution in [-0.4, -0.2) is 12.6 Å². The average Bonchev–Trinajstić information content (AvgIpc) is 2.40. The second-order valence-corrected chi connectivity index (χ2v) is 6.01. The molecule has 0 aliphatic carbocycles. The molecule has 2 heteroatoms. The lowest BCUT2D eigenvalue weighted by atomic mass is 10.0. The van der Waals surface area contributed by atoms with Crippen molar-refractivity contribution in [1.82, 2.24) is 5.32 Å². The van der Waals surface area contributed by atoms with Gasteiger partial charge < -0.3 is 10.1 Å². The predicted octanol–water partition coefficient (Wildman–Crippen LogP) is 4.95. The van der Waals surface area contributed by atoms with Gasteiger partial charge in [0.25, 0.3) is 0 Å². The first kappa shape index (κ1) is 17.0. The number of benzene rings is 1. The summed E-state index contributed by atoms with van der Waals surface area (Å²) in [7, 11) is 0. The van der Waals surface area contributed by atoms with Crippen molar-refractivity contribution < 1.29 is 4.74 Å². The van der Waals surface area contributed by atoms with Crippen LogP contribution in [-0.2, 0) is 0 Å². The van der Waals surface area contributed by atoms with Gasteiger partial charge in [0.05, 0.1) is 6.10 Å². The molecular weight excluding hydrogens is 246 g/mol. The van der Waals surface area contributed by atoms with Crippen molar-refractivity contribution in [2.75, 3.05) is 6.54 Å². The fourth-order valence-electron chi connectivity index (χ4n) is 2.60. The molecule has 0 saturated carbocycles. The lowest BCUT2D eigenvalue weighted by Crippen LogP contribution is -2.23. The third kappa shape index (κ3) is 5.54. The number of hydrogen-bond acceptors (Lipinski definition) is 2. The highest BCUT2D eigenvalue weighted by Crippen LogP contribution is 2.28. The van der Waals surface area contributed by atoms with E-state index in [2.05, 4.69) is 64.2 Å². The zero-order valence-corrected chi connectivity index (χ0v) is 13.8. The largest absolute Gasteiger partial charge is 0.490 e. The van der Waals surface area contributed by atoms with Crippen molar-refractivity contribution in [2.24, 2.45) is 5.92 Å². The summed E-state index contributed by atoms with van der Waals surface area (Å²) in [5.74, 6) is 1.70. The van der Waals surface area contributed by atoms with Gasteiger partial charge in [-0.1, -0.05) is 45.9 Å². The zero-order valence-electron chi connectivity index (χ0n) is 13.8. The maximum Gasteiger partial charge on any atom is 0.124 e. The average molecular weight is 277 g/mol. The first-order valence-corrected chi connectivity index (χ1v) is 8.07. The SMILES string of the molecule is CCCNC(CC)c1ccccc1OC(C)CC(C)C. The molecule has 1 aromatic rings. The van der Waals surface area contributed by atoms with Crippen LogP contribution >= 0.6 is 0 Å². The molecule has 0 radical (unpaired) electrons. The molecule has 1 aromatic carbocycles. The van der Waals surface area contributed by atoms with E-state index in [-0.39, 0.29) is 6.10 Å². The number of nitrogens with one attached hydrogen (secondary N) is 1. The summed E-state index contributed by atoms with van der Waals surface area (Å²) < 4.78 is 6.18. The summed E-state index contributed by atoms with van der Waals surface area (Å²) in [5.41, 5.74) is 1.29. The van der Waals surface area contributed by atoms with E-state index in [9.17, 15) is 0 Å². The van der Waals surface area contributed by atoms with E-state index in [4.69, 9.17) is 4.74 Å². The first-order valence-electron chi connectivity index (χ1n) is 8.07. The van der Waals surface area contributed by atoms with Gasteiger partial charge in [0.1, 0.15) is 5.75 Å². The van der Waals surface area contributed by atoms with E-state index < -0.39 is 0 Å². The maximum atomic E-state index is 6.18. The highest BCUT2D eigenvalue weighted by Gasteiger charge is 2.15. The van der Waals surface area contributed by atoms with Gasteiger partial charge >= 0.3 is 0 Å². The minimum absolute atomic E-state index is 0.264. The minimum atomic E-state index is 0.264. The zero-order chi connectivity index (χ0) is 15.0. The highest BCUT2D eigenvalue weighted by molar-refractivity contribution is 5.36. The highest BCUT2D eigenvalue weighted by atomic mass is 16.5. The lowest BCUT2D eigenvalue weighted by Gasteiger charge is -2.23. The Bertz CT molecular complexity index is 375. The van der Waals surface area contributed by atoms with Crippen molar-refractivity contribution in [3.05, 3.63) is 29.8 Å². The van der Waals surface area contributed by atoms with E-state index in [0.29, 0.717) is 12.0 Å². The van der Waals surface area contributed by atoms with Gasteiger partial charge in [0.2, 0.25) is 0 Å². The fraction of sp³-hybridized carbons (Fsp3) is 0.667. The third-order valence-corrected chi connectivity index (χ3v) is 3.47. The smallest absolute Gasteiger partial charge is 0.124 e. The Balaban J connectivity index is 2.80. The van der Waals surface area contributed by atoms with Crippen LogP contribution in [0.2, 0.25) is 0 Å². The number of rotatable bonds is 9. The molecule has 0 aromatic heterocycles. The Kier molecular flexibility index (Phi) is 7.68. The van der Waals surface area contributed by atoms with Gasteiger partial charge in [-0.3, -0.25) is 0 Å². The lowest BCUT2D eigenvalue weighted by molar-refractivity contribution is 0.190. The molecule has 20 heavy (non-hydrogen) atoms. The van der Waals surface area contributed by atoms with Crippen LogP contribution in [0.25, 0.3) is 0 Å². The number of ether oxygens (including phenoxy) is 1. The van der Waals surface area contributed by atoms with Crippen molar-refractivity contribution in [2.45, 2.75) is 66.0 Å². The van der Waals surface area contributed by atoms with Crippen LogP contribution in [0.15, 0.2) is 24.3 Å². The number of para-hydroxylation sites is 1. The predicted molar refractivity (Wildman–Crippen MR) is 87.3 cm³/mol. The van der Waals surface area contributed by atoms with Gasteiger partial charge in [-0.25, -0.2) is 0 Å². The molecule has 0 aliphatic rings. The Hall–Kier alpha value is -1.02. The molecule has 0 amide bonds. The fourth-order valence-corrected chi connectivity index (χ4v) is 2.60. The molecule has 2 atom stereocenters. The molecule has 1 N–H and O–H groups in total. The standard InChI is InChI=1S/C18H31NO/c1-6-12-19-17(7-2)16-10-8-9-11-18(16)20-15(5)13-14(3)4/h8-11,14-15,17,19H,6-7,12-13H2,1-5H3. The van der Waals surface area contributed by atoms with Crippen molar-refractivity contribution in [3.8, 4) is 5.75 Å². The van der Waals surface area contributed by atoms with E-state index in [1.165, 1.54) is 5.56 Å². The molecule has 0 fully saturated rings. The molecule has 0 bridgehead atoms. The minimum Gasteiger partial charge on any atom is -0.490 e. The first-order chi connectivity index (χ1) is 9.58. The van der Waals surface area contributed by atoms with Crippen LogP contribution in [0.5, 0.6) is 5.75 Å². The Labute approximate surface area is 124 Å². The van der Waals surface area contributed by atoms with E-state index >= 15 is 0 Å². The van der Waals surface area contributed by atoms with Crippen LogP contribution < -0.4 is 10.1 Å². The van der Waals surface area contributed by atoms with E-state index in [1.54, 1.807) is 0 Å². The molecule has 0 saturated heterocycles. The van der Waals surface area contributed by atoms with Crippen LogP contribution in [0.4, 0.5) is 0 Å². The van der Waals surface area contributed by atoms with E-state index in [0.717, 1.165) is 31.6 Å². The summed E-state index contributed by atoms with van der Waals surface area (Å²) in [6.45, 7) is 12.1. The molecule has 2 unspecified atom stereocenters. The molecule has 0 spiro atoms. The van der Waals surface area contributed by atoms with Gasteiger partial charge in [-0.15, -0.1) is 0 Å². The second-order valence-electron chi connectivity index (χ2n) is 6.01. The Morgan fingerprint density at radius 2 is 1.80 bits per heavy atom. The maximum absolute atomic E-state index is 6.18. The van der Waals surface area contributed by atoms with Crippen molar-refractivity contribution >= 4 is 0 Å². The molecule has 1 rings (SSSR count). The van der Waals surface area contributed by atoms with Gasteiger partial charge in [-0.2, -0.15) is 0 Å². The van der Waals surface area contributed by atoms with Gasteiger partial charge in [0, 0.05) is 11.6 Å². The topological polar surface area (TPSA) is 21.3 Å². The summed E-state index contributed by atoms with van der Waals surface area (Å²) >= 11 is 0. The van der Waals surface area contributed by atoms with E-state index in [1.807, 2.05) is 0 Å². The van der Waals surface area contributed by atoms with Gasteiger partial charge in [-0.05, 0) is 44.7 Å². The summed E-state index contributed by atoms with van der Waals surface area (Å²) in [6, 6.07) is 8.84. The Morgan fingerprint density at radius 3 is 2.40 bits per heavy atom. The summed E-state index contributed by atoms with van der Waals surface area (Å²) in [6.07, 6.45) is 3.59. The van der Waals surface area contributed by atoms with Gasteiger partial charge in [0.15, 0.2) is 0 Å². The molecule has 2 nitrogen and oxygen atoms in total. The van der Waals surface area contributed by atoms with Crippen molar-refractivity contribution in [1.29, 1.82) is 0 Å². The summed E-state index contributed by atoms with van der Waals surface area (Å²) in [5, 5.41) is 3.61. The number of hydrogen-bond donors (Lipinski definition) is 1. The molecule has 0 aliphatic heterocycles. The Morgan fingerprint density at radius 1 is 1.10 bits per heavy atom. The quantitative estimate of drug-likeness (QED) is 0.689. The third-order valence-electron chi connectivity index (χ3n) is 3.47. The monoisotopic (exact) mass is 277 g/mol. The van der Waals surface area contributed by atoms with Crippen LogP contribution in [0.3, 0.4) is 0 Å².